The van der Waals surface area contributed by atoms with E-state index in [1.165, 1.54) is 110 Å². The first kappa shape index (κ1) is 40.3. The van der Waals surface area contributed by atoms with E-state index < -0.39 is 0 Å². The molecule has 0 fully saturated rings. The second kappa shape index (κ2) is 14.8. The molecule has 0 aliphatic rings. The van der Waals surface area contributed by atoms with Gasteiger partial charge in [-0.2, -0.15) is 0 Å². The Kier molecular flexibility index (Phi) is 8.77. The molecule has 2 heterocycles. The molecule has 0 N–H and O–H groups in total. The average Bonchev–Trinajstić information content (AvgIpc) is 3.90. The van der Waals surface area contributed by atoms with Gasteiger partial charge in [0.1, 0.15) is 11.2 Å². The van der Waals surface area contributed by atoms with E-state index in [4.69, 9.17) is 4.42 Å². The maximum absolute atomic E-state index is 6.96. The molecule has 13 aromatic rings. The Morgan fingerprint density at radius 3 is 1.10 bits per heavy atom. The summed E-state index contributed by atoms with van der Waals surface area (Å²) in [6.45, 7) is 13.9. The van der Waals surface area contributed by atoms with Gasteiger partial charge in [-0.3, -0.25) is 0 Å². The minimum atomic E-state index is 0.00917. The van der Waals surface area contributed by atoms with Gasteiger partial charge in [0, 0.05) is 32.3 Å². The van der Waals surface area contributed by atoms with Crippen LogP contribution in [0, 0.1) is 0 Å². The number of fused-ring (bicyclic) bond motifs is 10. The van der Waals surface area contributed by atoms with Crippen LogP contribution in [0.3, 0.4) is 0 Å². The van der Waals surface area contributed by atoms with Crippen LogP contribution >= 0.6 is 0 Å². The van der Waals surface area contributed by atoms with Gasteiger partial charge in [-0.1, -0.05) is 205 Å². The van der Waals surface area contributed by atoms with Crippen molar-refractivity contribution in [1.82, 2.24) is 4.57 Å². The summed E-state index contributed by atoms with van der Waals surface area (Å²) in [6.07, 6.45) is 0. The van der Waals surface area contributed by atoms with E-state index in [-0.39, 0.29) is 10.8 Å². The molecule has 0 radical (unpaired) electrons. The first-order chi connectivity index (χ1) is 33.0. The zero-order chi connectivity index (χ0) is 46.1. The van der Waals surface area contributed by atoms with Crippen LogP contribution in [0.1, 0.15) is 52.7 Å². The molecule has 0 aliphatic heterocycles. The standard InChI is InChI=1S/C66H51NO/c1-65(2,3)41-34-36-55-53(38-41)54-39-42(66(4,5)6)35-37-56(54)67(55)64-49-28-16-14-26-47(49)61(48-27-15-17-29-50(48)64)52-31-19-33-58-63(52)62-51(30-18-32-57(62)68-58)60-45-24-12-10-22-43(45)59(40-20-8-7-9-21-40)44-23-11-13-25-46(44)60/h7-39H,1-6H3. The molecule has 0 atom stereocenters. The summed E-state index contributed by atoms with van der Waals surface area (Å²) < 4.78 is 9.51. The summed E-state index contributed by atoms with van der Waals surface area (Å²) >= 11 is 0. The fourth-order valence-electron chi connectivity index (χ4n) is 11.5. The predicted octanol–water partition coefficient (Wildman–Crippen LogP) is 18.9. The molecule has 0 saturated carbocycles. The van der Waals surface area contributed by atoms with Crippen molar-refractivity contribution >= 4 is 86.8 Å². The van der Waals surface area contributed by atoms with Crippen molar-refractivity contribution in [3.8, 4) is 39.1 Å². The van der Waals surface area contributed by atoms with E-state index in [9.17, 15) is 0 Å². The van der Waals surface area contributed by atoms with Crippen LogP contribution in [0.25, 0.3) is 126 Å². The van der Waals surface area contributed by atoms with Gasteiger partial charge in [-0.25, -0.2) is 0 Å². The highest BCUT2D eigenvalue weighted by Crippen LogP contribution is 2.51. The van der Waals surface area contributed by atoms with Gasteiger partial charge in [0.2, 0.25) is 0 Å². The Morgan fingerprint density at radius 2 is 0.691 bits per heavy atom. The largest absolute Gasteiger partial charge is 0.456 e. The third kappa shape index (κ3) is 5.96. The minimum absolute atomic E-state index is 0.00917. The Morgan fingerprint density at radius 1 is 0.324 bits per heavy atom. The number of hydrogen-bond donors (Lipinski definition) is 0. The van der Waals surface area contributed by atoms with Crippen molar-refractivity contribution in [2.24, 2.45) is 0 Å². The van der Waals surface area contributed by atoms with Crippen molar-refractivity contribution in [3.05, 3.63) is 211 Å². The maximum atomic E-state index is 6.96. The van der Waals surface area contributed by atoms with E-state index in [0.717, 1.165) is 27.5 Å². The van der Waals surface area contributed by atoms with E-state index in [2.05, 4.69) is 246 Å². The lowest BCUT2D eigenvalue weighted by atomic mass is 9.84. The van der Waals surface area contributed by atoms with Crippen molar-refractivity contribution < 1.29 is 4.42 Å². The number of hydrogen-bond acceptors (Lipinski definition) is 1. The lowest BCUT2D eigenvalue weighted by Crippen LogP contribution is -2.10. The Bertz CT molecular complexity index is 4020. The van der Waals surface area contributed by atoms with Gasteiger partial charge in [0.25, 0.3) is 0 Å². The van der Waals surface area contributed by atoms with Gasteiger partial charge in [0.05, 0.1) is 16.7 Å². The second-order valence-corrected chi connectivity index (χ2v) is 20.8. The lowest BCUT2D eigenvalue weighted by molar-refractivity contribution is 0.590. The third-order valence-electron chi connectivity index (χ3n) is 14.7. The number of aromatic nitrogens is 1. The molecule has 2 heteroatoms. The highest BCUT2D eigenvalue weighted by Gasteiger charge is 2.27. The first-order valence-electron chi connectivity index (χ1n) is 24.0. The number of rotatable bonds is 4. The van der Waals surface area contributed by atoms with E-state index in [1.807, 2.05) is 0 Å². The number of nitrogens with zero attached hydrogens (tertiary/aromatic N) is 1. The second-order valence-electron chi connectivity index (χ2n) is 20.8. The van der Waals surface area contributed by atoms with E-state index in [1.54, 1.807) is 0 Å². The van der Waals surface area contributed by atoms with Crippen molar-refractivity contribution in [1.29, 1.82) is 0 Å². The Balaban J connectivity index is 1.14. The smallest absolute Gasteiger partial charge is 0.136 e. The van der Waals surface area contributed by atoms with Gasteiger partial charge < -0.3 is 8.98 Å². The highest BCUT2D eigenvalue weighted by atomic mass is 16.3. The fourth-order valence-corrected chi connectivity index (χ4v) is 11.5. The van der Waals surface area contributed by atoms with Crippen LogP contribution in [-0.2, 0) is 10.8 Å². The topological polar surface area (TPSA) is 18.1 Å². The van der Waals surface area contributed by atoms with Gasteiger partial charge in [0.15, 0.2) is 0 Å². The van der Waals surface area contributed by atoms with Crippen molar-refractivity contribution in [2.75, 3.05) is 0 Å². The molecule has 0 saturated heterocycles. The quantitative estimate of drug-likeness (QED) is 0.161. The highest BCUT2D eigenvalue weighted by molar-refractivity contribution is 6.30. The summed E-state index contributed by atoms with van der Waals surface area (Å²) in [5.41, 5.74) is 15.3. The predicted molar refractivity (Wildman–Crippen MR) is 292 cm³/mol. The number of benzene rings is 11. The van der Waals surface area contributed by atoms with Crippen LogP contribution in [0.5, 0.6) is 0 Å². The molecule has 0 aliphatic carbocycles. The van der Waals surface area contributed by atoms with Gasteiger partial charge in [-0.05, 0) is 124 Å². The molecule has 0 unspecified atom stereocenters. The van der Waals surface area contributed by atoms with Crippen LogP contribution in [-0.4, -0.2) is 4.57 Å². The van der Waals surface area contributed by atoms with Crippen LogP contribution < -0.4 is 0 Å². The zero-order valence-electron chi connectivity index (χ0n) is 39.4. The zero-order valence-corrected chi connectivity index (χ0v) is 39.4. The van der Waals surface area contributed by atoms with E-state index >= 15 is 0 Å². The van der Waals surface area contributed by atoms with Crippen molar-refractivity contribution in [2.45, 2.75) is 52.4 Å². The molecule has 0 spiro atoms. The Labute approximate surface area is 396 Å². The maximum Gasteiger partial charge on any atom is 0.136 e. The molecule has 2 nitrogen and oxygen atoms in total. The lowest BCUT2D eigenvalue weighted by Gasteiger charge is -2.21. The summed E-state index contributed by atoms with van der Waals surface area (Å²) in [4.78, 5) is 0. The average molecular weight is 874 g/mol. The molecule has 2 aromatic heterocycles. The summed E-state index contributed by atoms with van der Waals surface area (Å²) in [7, 11) is 0. The molecule has 13 rings (SSSR count). The molecule has 11 aromatic carbocycles. The summed E-state index contributed by atoms with van der Waals surface area (Å²) in [5, 5.41) is 14.6. The minimum Gasteiger partial charge on any atom is -0.456 e. The normalized spacial score (nSPS) is 12.6. The van der Waals surface area contributed by atoms with Gasteiger partial charge >= 0.3 is 0 Å². The molecule has 68 heavy (non-hydrogen) atoms. The summed E-state index contributed by atoms with van der Waals surface area (Å²) in [5.74, 6) is 0. The SMILES string of the molecule is CC(C)(C)c1ccc2c(c1)c1cc(C(C)(C)C)ccc1n2-c1c2ccccc2c(-c2cccc3oc4cccc(-c5c6ccccc6c(-c6ccccc6)c6ccccc56)c4c23)c2ccccc12. The molecule has 0 amide bonds. The third-order valence-corrected chi connectivity index (χ3v) is 14.7. The van der Waals surface area contributed by atoms with Crippen LogP contribution in [0.4, 0.5) is 0 Å². The summed E-state index contributed by atoms with van der Waals surface area (Å²) in [6, 6.07) is 74.4. The molecular weight excluding hydrogens is 823 g/mol. The van der Waals surface area contributed by atoms with Crippen LogP contribution in [0.2, 0.25) is 0 Å². The molecule has 326 valence electrons. The van der Waals surface area contributed by atoms with Gasteiger partial charge in [-0.15, -0.1) is 0 Å². The monoisotopic (exact) mass is 873 g/mol. The Hall–Kier alpha value is -7.94. The van der Waals surface area contributed by atoms with E-state index in [0.29, 0.717) is 0 Å². The number of furan rings is 1. The molecular formula is C66H51NO. The first-order valence-corrected chi connectivity index (χ1v) is 24.0. The van der Waals surface area contributed by atoms with Crippen molar-refractivity contribution in [3.63, 3.8) is 0 Å². The van der Waals surface area contributed by atoms with Crippen LogP contribution in [0.15, 0.2) is 205 Å². The molecule has 0 bridgehead atoms. The fraction of sp³-hybridized carbons (Fsp3) is 0.121.